The maximum Gasteiger partial charge on any atom is 0.154 e. The number of anilines is 1. The molecule has 5 nitrogen and oxygen atoms in total. The minimum absolute atomic E-state index is 0.0632. The number of nitrogens with zero attached hydrogens (tertiary/aromatic N) is 4. The Morgan fingerprint density at radius 2 is 2.12 bits per heavy atom. The molecule has 4 rings (SSSR count). The van der Waals surface area contributed by atoms with Gasteiger partial charge in [0.2, 0.25) is 0 Å². The summed E-state index contributed by atoms with van der Waals surface area (Å²) in [5, 5.41) is 4.64. The summed E-state index contributed by atoms with van der Waals surface area (Å²) >= 11 is 5.28. The summed E-state index contributed by atoms with van der Waals surface area (Å²) in [4.78, 5) is 6.40. The first-order valence-electron chi connectivity index (χ1n) is 7.49. The molecule has 9 heteroatoms. The third-order valence-corrected chi connectivity index (χ3v) is 4.50. The Morgan fingerprint density at radius 1 is 1.28 bits per heavy atom. The van der Waals surface area contributed by atoms with E-state index < -0.39 is 0 Å². The van der Waals surface area contributed by atoms with Crippen LogP contribution in [0, 0.1) is 5.82 Å². The monoisotopic (exact) mass is 536 g/mol. The summed E-state index contributed by atoms with van der Waals surface area (Å²) in [6, 6.07) is 10.4. The maximum atomic E-state index is 13.6. The van der Waals surface area contributed by atoms with Crippen LogP contribution in [0.2, 0.25) is 0 Å². The van der Waals surface area contributed by atoms with Gasteiger partial charge in [-0.15, -0.1) is 14.9 Å². The van der Waals surface area contributed by atoms with Crippen LogP contribution in [-0.4, -0.2) is 34.4 Å². The molecule has 3 heterocycles. The number of aromatic nitrogens is 3. The highest BCUT2D eigenvalue weighted by Gasteiger charge is 2.26. The van der Waals surface area contributed by atoms with E-state index in [0.717, 1.165) is 21.6 Å². The number of ether oxygens (including phenoxy) is 1. The van der Waals surface area contributed by atoms with Crippen molar-refractivity contribution in [2.24, 2.45) is 0 Å². The molecule has 1 unspecified atom stereocenters. The first-order chi connectivity index (χ1) is 12.2. The maximum absolute atomic E-state index is 13.6. The lowest BCUT2D eigenvalue weighted by Crippen LogP contribution is -2.40. The van der Waals surface area contributed by atoms with E-state index in [1.807, 2.05) is 39.4 Å². The number of halogens is 3. The molecule has 0 radical (unpaired) electrons. The van der Waals surface area contributed by atoms with Gasteiger partial charge in [0.25, 0.3) is 0 Å². The zero-order valence-electron chi connectivity index (χ0n) is 13.0. The molecule has 1 aliphatic rings. The Bertz CT molecular complexity index is 865. The van der Waals surface area contributed by atoms with Gasteiger partial charge in [0, 0.05) is 6.54 Å². The summed E-state index contributed by atoms with van der Waals surface area (Å²) in [5.41, 5.74) is 1.66. The van der Waals surface area contributed by atoms with Crippen molar-refractivity contribution in [3.63, 3.8) is 0 Å². The van der Waals surface area contributed by atoms with Crippen LogP contribution in [0.25, 0.3) is 5.65 Å². The van der Waals surface area contributed by atoms with E-state index in [0.29, 0.717) is 19.8 Å². The van der Waals surface area contributed by atoms with Gasteiger partial charge in [-0.25, -0.2) is 13.9 Å². The summed E-state index contributed by atoms with van der Waals surface area (Å²) in [5.74, 6) is 0.572. The lowest BCUT2D eigenvalue weighted by Gasteiger charge is -2.36. The normalized spacial score (nSPS) is 17.3. The van der Waals surface area contributed by atoms with E-state index in [1.165, 1.54) is 6.07 Å². The molecule has 2 aromatic heterocycles. The van der Waals surface area contributed by atoms with E-state index >= 15 is 0 Å². The third-order valence-electron chi connectivity index (χ3n) is 3.96. The van der Waals surface area contributed by atoms with E-state index in [-0.39, 0.29) is 11.9 Å². The molecule has 1 aromatic carbocycles. The lowest BCUT2D eigenvalue weighted by molar-refractivity contribution is 0.0935. The van der Waals surface area contributed by atoms with Crippen LogP contribution >= 0.6 is 46.9 Å². The fraction of sp³-hybridized carbons (Fsp3) is 0.250. The van der Waals surface area contributed by atoms with Gasteiger partial charge < -0.3 is 9.64 Å². The second-order valence-electron chi connectivity index (χ2n) is 5.38. The molecule has 1 atom stereocenters. The van der Waals surface area contributed by atoms with Crippen LogP contribution in [0.5, 0.6) is 0 Å². The zero-order chi connectivity index (χ0) is 17.8. The molecule has 25 heavy (non-hydrogen) atoms. The van der Waals surface area contributed by atoms with Gasteiger partial charge in [0.05, 0.1) is 25.5 Å². The van der Waals surface area contributed by atoms with Crippen LogP contribution in [0.4, 0.5) is 10.2 Å². The van der Waals surface area contributed by atoms with Gasteiger partial charge in [-0.05, 0) is 67.0 Å². The highest BCUT2D eigenvalue weighted by atomic mass is 127. The molecule has 0 N–H and O–H groups in total. The van der Waals surface area contributed by atoms with Crippen LogP contribution in [0.1, 0.15) is 11.6 Å². The zero-order valence-corrected chi connectivity index (χ0v) is 17.7. The van der Waals surface area contributed by atoms with Crippen molar-refractivity contribution >= 4 is 58.4 Å². The van der Waals surface area contributed by atoms with Crippen LogP contribution in [-0.2, 0) is 4.74 Å². The molecule has 3 aromatic rings. The van der Waals surface area contributed by atoms with Crippen LogP contribution in [0.15, 0.2) is 47.2 Å². The Balaban J connectivity index is 0.000000880. The molecule has 0 saturated carbocycles. The minimum Gasteiger partial charge on any atom is -0.377 e. The predicted molar refractivity (Wildman–Crippen MR) is 111 cm³/mol. The van der Waals surface area contributed by atoms with Gasteiger partial charge in [-0.2, -0.15) is 0 Å². The molecule has 0 spiro atoms. The van der Waals surface area contributed by atoms with E-state index in [4.69, 9.17) is 4.74 Å². The number of morpholine rings is 1. The number of imidazole rings is 1. The molecule has 0 aliphatic carbocycles. The van der Waals surface area contributed by atoms with Crippen molar-refractivity contribution in [2.75, 3.05) is 24.7 Å². The first-order valence-corrected chi connectivity index (χ1v) is 11.5. The van der Waals surface area contributed by atoms with Gasteiger partial charge in [-0.3, -0.25) is 0 Å². The average Bonchev–Trinajstić information content (AvgIpc) is 3.04. The highest BCUT2D eigenvalue weighted by molar-refractivity contribution is 14.2. The van der Waals surface area contributed by atoms with Crippen molar-refractivity contribution in [1.82, 2.24) is 14.6 Å². The van der Waals surface area contributed by atoms with E-state index in [9.17, 15) is 4.39 Å². The highest BCUT2D eigenvalue weighted by Crippen LogP contribution is 2.29. The Kier molecular flexibility index (Phi) is 6.53. The third kappa shape index (κ3) is 4.09. The Hall–Kier alpha value is -0.910. The second kappa shape index (κ2) is 8.65. The average molecular weight is 537 g/mol. The number of thiol groups is 1. The topological polar surface area (TPSA) is 42.7 Å². The van der Waals surface area contributed by atoms with E-state index in [2.05, 4.69) is 40.7 Å². The number of rotatable bonds is 2. The summed E-state index contributed by atoms with van der Waals surface area (Å²) in [6.45, 7) is 1.83. The SMILES string of the molecule is Fc1cccc(C2COCCN2c2ccc3ncc(Br)n3n2)c1.SI. The molecule has 132 valence electrons. The van der Waals surface area contributed by atoms with Crippen molar-refractivity contribution in [2.45, 2.75) is 6.04 Å². The van der Waals surface area contributed by atoms with Gasteiger partial charge in [0.15, 0.2) is 5.65 Å². The number of hydrogen-bond acceptors (Lipinski definition) is 5. The standard InChI is InChI=1S/C16H14BrFN4O.HIS/c17-14-9-19-15-4-5-16(20-22(14)15)21-6-7-23-10-13(21)11-2-1-3-12(18)8-11;1-2/h1-5,8-9,13H,6-7,10H2;2H. The molecular formula is C16H15BrFIN4OS. The molecule has 1 aliphatic heterocycles. The molecule has 1 saturated heterocycles. The van der Waals surface area contributed by atoms with Crippen molar-refractivity contribution in [3.8, 4) is 0 Å². The quantitative estimate of drug-likeness (QED) is 0.387. The number of hydrogen-bond donors (Lipinski definition) is 1. The van der Waals surface area contributed by atoms with Crippen LogP contribution in [0.3, 0.4) is 0 Å². The fourth-order valence-corrected chi connectivity index (χ4v) is 3.22. The molecular weight excluding hydrogens is 522 g/mol. The van der Waals surface area contributed by atoms with Gasteiger partial charge in [-0.1, -0.05) is 12.1 Å². The number of fused-ring (bicyclic) bond motifs is 1. The Morgan fingerprint density at radius 3 is 2.92 bits per heavy atom. The first kappa shape index (κ1) is 18.9. The summed E-state index contributed by atoms with van der Waals surface area (Å²) < 4.78 is 21.7. The smallest absolute Gasteiger partial charge is 0.154 e. The second-order valence-corrected chi connectivity index (χ2v) is 6.19. The van der Waals surface area contributed by atoms with Crippen molar-refractivity contribution in [1.29, 1.82) is 0 Å². The summed E-state index contributed by atoms with van der Waals surface area (Å²) in [7, 11) is 3.50. The predicted octanol–water partition coefficient (Wildman–Crippen LogP) is 4.48. The van der Waals surface area contributed by atoms with Crippen molar-refractivity contribution < 1.29 is 9.13 Å². The summed E-state index contributed by atoms with van der Waals surface area (Å²) in [6.07, 6.45) is 1.72. The van der Waals surface area contributed by atoms with Gasteiger partial charge in [0.1, 0.15) is 16.2 Å². The largest absolute Gasteiger partial charge is 0.377 e. The lowest BCUT2D eigenvalue weighted by atomic mass is 10.0. The van der Waals surface area contributed by atoms with Crippen LogP contribution < -0.4 is 4.90 Å². The van der Waals surface area contributed by atoms with Crippen molar-refractivity contribution in [3.05, 3.63) is 58.6 Å². The van der Waals surface area contributed by atoms with E-state index in [1.54, 1.807) is 22.8 Å². The minimum atomic E-state index is -0.242. The molecule has 0 amide bonds. The fourth-order valence-electron chi connectivity index (χ4n) is 2.86. The molecule has 1 fully saturated rings. The number of benzene rings is 1. The Labute approximate surface area is 170 Å². The molecule has 0 bridgehead atoms. The van der Waals surface area contributed by atoms with Gasteiger partial charge >= 0.3 is 0 Å².